The lowest BCUT2D eigenvalue weighted by Crippen LogP contribution is -2.42. The molecule has 2 N–H and O–H groups in total. The average Bonchev–Trinajstić information content (AvgIpc) is 2.62. The maximum atomic E-state index is 11.8. The molecule has 1 aromatic heterocycles. The number of rotatable bonds is 5. The van der Waals surface area contributed by atoms with Gasteiger partial charge < -0.3 is 20.3 Å². The molecule has 2 heterocycles. The quantitative estimate of drug-likeness (QED) is 0.833. The monoisotopic (exact) mass is 369 g/mol. The van der Waals surface area contributed by atoms with Crippen molar-refractivity contribution < 1.29 is 9.53 Å². The molecule has 1 aliphatic heterocycles. The Bertz CT molecular complexity index is 788. The molecule has 1 aliphatic rings. The van der Waals surface area contributed by atoms with Crippen molar-refractivity contribution in [1.82, 2.24) is 14.9 Å². The third-order valence-electron chi connectivity index (χ3n) is 4.50. The second kappa shape index (κ2) is 8.70. The molecule has 3 rings (SSSR count). The summed E-state index contributed by atoms with van der Waals surface area (Å²) < 4.78 is 5.06. The molecule has 0 unspecified atom stereocenters. The number of nitrogens with one attached hydrogen (secondary N) is 2. The van der Waals surface area contributed by atoms with Crippen molar-refractivity contribution >= 4 is 23.5 Å². The number of hydrogen-bond acceptors (Lipinski definition) is 6. The second-order valence-electron chi connectivity index (χ2n) is 6.82. The highest BCUT2D eigenvalue weighted by Crippen LogP contribution is 2.20. The van der Waals surface area contributed by atoms with Crippen LogP contribution in [0.15, 0.2) is 30.3 Å². The van der Waals surface area contributed by atoms with Crippen molar-refractivity contribution in [1.29, 1.82) is 0 Å². The highest BCUT2D eigenvalue weighted by molar-refractivity contribution is 5.67. The van der Waals surface area contributed by atoms with Crippen LogP contribution < -0.4 is 10.6 Å². The van der Waals surface area contributed by atoms with E-state index in [0.717, 1.165) is 30.0 Å². The number of carbonyl (C=O) groups excluding carboxylic acids is 1. The first-order valence-corrected chi connectivity index (χ1v) is 9.41. The van der Waals surface area contributed by atoms with E-state index in [1.165, 1.54) is 5.56 Å². The zero-order valence-electron chi connectivity index (χ0n) is 16.2. The van der Waals surface area contributed by atoms with Crippen LogP contribution in [0.25, 0.3) is 0 Å². The van der Waals surface area contributed by atoms with E-state index in [-0.39, 0.29) is 12.1 Å². The number of amides is 1. The number of ether oxygens (including phenoxy) is 1. The van der Waals surface area contributed by atoms with Gasteiger partial charge in [0.15, 0.2) is 0 Å². The van der Waals surface area contributed by atoms with Crippen LogP contribution in [-0.2, 0) is 4.74 Å². The molecule has 0 saturated carbocycles. The maximum absolute atomic E-state index is 11.8. The van der Waals surface area contributed by atoms with Gasteiger partial charge in [-0.3, -0.25) is 0 Å². The van der Waals surface area contributed by atoms with Gasteiger partial charge in [0, 0.05) is 36.6 Å². The summed E-state index contributed by atoms with van der Waals surface area (Å²) in [6.45, 7) is 7.60. The van der Waals surface area contributed by atoms with Gasteiger partial charge >= 0.3 is 6.09 Å². The number of nitrogens with zero attached hydrogens (tertiary/aromatic N) is 3. The molecule has 0 radical (unpaired) electrons. The van der Waals surface area contributed by atoms with Gasteiger partial charge in [-0.2, -0.15) is 4.98 Å². The lowest BCUT2D eigenvalue weighted by atomic mass is 10.1. The van der Waals surface area contributed by atoms with Crippen LogP contribution in [0.5, 0.6) is 0 Å². The molecule has 7 nitrogen and oxygen atoms in total. The van der Waals surface area contributed by atoms with Crippen LogP contribution in [-0.4, -0.2) is 46.7 Å². The van der Waals surface area contributed by atoms with Crippen LogP contribution in [0, 0.1) is 13.8 Å². The van der Waals surface area contributed by atoms with E-state index >= 15 is 0 Å². The Labute approximate surface area is 160 Å². The third-order valence-corrected chi connectivity index (χ3v) is 4.50. The Morgan fingerprint density at radius 2 is 2.00 bits per heavy atom. The Kier molecular flexibility index (Phi) is 6.11. The summed E-state index contributed by atoms with van der Waals surface area (Å²) in [5.74, 6) is 1.37. The minimum atomic E-state index is -0.229. The maximum Gasteiger partial charge on any atom is 0.409 e. The second-order valence-corrected chi connectivity index (χ2v) is 6.82. The smallest absolute Gasteiger partial charge is 0.409 e. The summed E-state index contributed by atoms with van der Waals surface area (Å²) in [4.78, 5) is 22.7. The number of piperidine rings is 1. The zero-order valence-corrected chi connectivity index (χ0v) is 16.2. The highest BCUT2D eigenvalue weighted by atomic mass is 16.6. The van der Waals surface area contributed by atoms with Crippen LogP contribution in [0.4, 0.5) is 22.2 Å². The van der Waals surface area contributed by atoms with E-state index in [2.05, 4.69) is 39.7 Å². The first kappa shape index (κ1) is 18.9. The normalized spacial score (nSPS) is 14.7. The molecule has 1 fully saturated rings. The van der Waals surface area contributed by atoms with Crippen LogP contribution in [0.2, 0.25) is 0 Å². The van der Waals surface area contributed by atoms with E-state index < -0.39 is 0 Å². The number of aromatic nitrogens is 2. The summed E-state index contributed by atoms with van der Waals surface area (Å²) in [6.07, 6.45) is 1.46. The molecule has 7 heteroatoms. The highest BCUT2D eigenvalue weighted by Gasteiger charge is 2.24. The summed E-state index contributed by atoms with van der Waals surface area (Å²) >= 11 is 0. The van der Waals surface area contributed by atoms with Gasteiger partial charge in [0.2, 0.25) is 5.95 Å². The van der Waals surface area contributed by atoms with Crippen molar-refractivity contribution in [3.63, 3.8) is 0 Å². The number of aryl methyl sites for hydroxylation is 2. The molecular formula is C20H27N5O2. The molecule has 0 bridgehead atoms. The van der Waals surface area contributed by atoms with Crippen molar-refractivity contribution in [2.75, 3.05) is 30.3 Å². The van der Waals surface area contributed by atoms with Crippen molar-refractivity contribution in [3.05, 3.63) is 41.6 Å². The minimum absolute atomic E-state index is 0.229. The Morgan fingerprint density at radius 1 is 1.22 bits per heavy atom. The predicted octanol–water partition coefficient (Wildman–Crippen LogP) is 3.87. The first-order valence-electron chi connectivity index (χ1n) is 9.41. The van der Waals surface area contributed by atoms with E-state index in [0.29, 0.717) is 25.6 Å². The number of likely N-dealkylation sites (tertiary alicyclic amines) is 1. The van der Waals surface area contributed by atoms with E-state index in [4.69, 9.17) is 4.74 Å². The van der Waals surface area contributed by atoms with Gasteiger partial charge in [-0.15, -0.1) is 0 Å². The molecule has 1 aromatic carbocycles. The van der Waals surface area contributed by atoms with Gasteiger partial charge in [0.05, 0.1) is 6.61 Å². The fourth-order valence-corrected chi connectivity index (χ4v) is 3.17. The van der Waals surface area contributed by atoms with Crippen molar-refractivity contribution in [3.8, 4) is 0 Å². The molecule has 1 saturated heterocycles. The van der Waals surface area contributed by atoms with Gasteiger partial charge in [-0.25, -0.2) is 9.78 Å². The van der Waals surface area contributed by atoms with Crippen molar-refractivity contribution in [2.24, 2.45) is 0 Å². The van der Waals surface area contributed by atoms with Crippen LogP contribution in [0.3, 0.4) is 0 Å². The summed E-state index contributed by atoms with van der Waals surface area (Å²) in [6, 6.07) is 10.3. The summed E-state index contributed by atoms with van der Waals surface area (Å²) in [5, 5.41) is 6.75. The topological polar surface area (TPSA) is 79.4 Å². The van der Waals surface area contributed by atoms with E-state index in [1.54, 1.807) is 4.90 Å². The number of hydrogen-bond donors (Lipinski definition) is 2. The van der Waals surface area contributed by atoms with E-state index in [1.807, 2.05) is 32.0 Å². The van der Waals surface area contributed by atoms with Crippen molar-refractivity contribution in [2.45, 2.75) is 39.7 Å². The number of carbonyl (C=O) groups is 1. The average molecular weight is 369 g/mol. The molecule has 0 aliphatic carbocycles. The van der Waals surface area contributed by atoms with Gasteiger partial charge in [0.25, 0.3) is 0 Å². The van der Waals surface area contributed by atoms with Crippen LogP contribution in [0.1, 0.15) is 31.0 Å². The van der Waals surface area contributed by atoms with Crippen LogP contribution >= 0.6 is 0 Å². The van der Waals surface area contributed by atoms with Gasteiger partial charge in [-0.1, -0.05) is 12.1 Å². The lowest BCUT2D eigenvalue weighted by molar-refractivity contribution is 0.0983. The fraction of sp³-hybridized carbons (Fsp3) is 0.450. The molecular weight excluding hydrogens is 342 g/mol. The summed E-state index contributed by atoms with van der Waals surface area (Å²) in [5.41, 5.74) is 3.09. The lowest BCUT2D eigenvalue weighted by Gasteiger charge is -2.31. The molecule has 0 atom stereocenters. The Hall–Kier alpha value is -2.83. The Balaban J connectivity index is 1.61. The standard InChI is InChI=1S/C20H27N5O2/c1-4-27-20(26)25-10-8-16(9-11-25)23-19-21-15(3)13-18(24-19)22-17-7-5-6-14(2)12-17/h5-7,12-13,16H,4,8-11H2,1-3H3,(H2,21,22,23,24). The fourth-order valence-electron chi connectivity index (χ4n) is 3.17. The Morgan fingerprint density at radius 3 is 2.70 bits per heavy atom. The molecule has 2 aromatic rings. The predicted molar refractivity (Wildman–Crippen MR) is 106 cm³/mol. The van der Waals surface area contributed by atoms with Gasteiger partial charge in [0.1, 0.15) is 5.82 Å². The largest absolute Gasteiger partial charge is 0.450 e. The summed E-state index contributed by atoms with van der Waals surface area (Å²) in [7, 11) is 0. The SMILES string of the molecule is CCOC(=O)N1CCC(Nc2nc(C)cc(Nc3cccc(C)c3)n2)CC1. The van der Waals surface area contributed by atoms with E-state index in [9.17, 15) is 4.79 Å². The van der Waals surface area contributed by atoms with Gasteiger partial charge in [-0.05, 0) is 51.3 Å². The molecule has 0 spiro atoms. The number of benzene rings is 1. The zero-order chi connectivity index (χ0) is 19.2. The molecule has 1 amide bonds. The number of anilines is 3. The minimum Gasteiger partial charge on any atom is -0.450 e. The molecule has 144 valence electrons. The molecule has 27 heavy (non-hydrogen) atoms. The third kappa shape index (κ3) is 5.32. The first-order chi connectivity index (χ1) is 13.0.